The molecule has 2 nitrogen and oxygen atoms in total. The van der Waals surface area contributed by atoms with E-state index in [1.54, 1.807) is 24.3 Å². The van der Waals surface area contributed by atoms with Gasteiger partial charge in [-0.3, -0.25) is 4.79 Å². The van der Waals surface area contributed by atoms with Crippen LogP contribution in [0.5, 0.6) is 0 Å². The molecule has 4 heteroatoms. The fraction of sp³-hybridized carbons (Fsp3) is 0.417. The molecule has 0 aliphatic rings. The average molecular weight is 259 g/mol. The van der Waals surface area contributed by atoms with Crippen molar-refractivity contribution in [2.24, 2.45) is 5.92 Å². The van der Waals surface area contributed by atoms with Gasteiger partial charge in [0.25, 0.3) is 0 Å². The van der Waals surface area contributed by atoms with Crippen molar-refractivity contribution in [2.45, 2.75) is 6.92 Å². The highest BCUT2D eigenvalue weighted by Crippen LogP contribution is 2.18. The first kappa shape index (κ1) is 13.6. The van der Waals surface area contributed by atoms with E-state index < -0.39 is 0 Å². The third-order valence-electron chi connectivity index (χ3n) is 2.12. The Balaban J connectivity index is 2.44. The van der Waals surface area contributed by atoms with Gasteiger partial charge in [0.05, 0.1) is 10.8 Å². The predicted octanol–water partition coefficient (Wildman–Crippen LogP) is 2.88. The van der Waals surface area contributed by atoms with Gasteiger partial charge in [-0.05, 0) is 23.8 Å². The number of rotatable bonds is 6. The van der Waals surface area contributed by atoms with Crippen molar-refractivity contribution in [1.82, 2.24) is 0 Å². The van der Waals surface area contributed by atoms with Crippen LogP contribution in [0.15, 0.2) is 24.3 Å². The minimum Gasteiger partial charge on any atom is -0.396 e. The number of aliphatic hydroxyl groups excluding tert-OH is 1. The first-order chi connectivity index (χ1) is 7.65. The van der Waals surface area contributed by atoms with Crippen LogP contribution in [0.3, 0.4) is 0 Å². The summed E-state index contributed by atoms with van der Waals surface area (Å²) in [7, 11) is 0. The molecular formula is C12H15ClO2S. The van der Waals surface area contributed by atoms with Gasteiger partial charge in [0.1, 0.15) is 0 Å². The lowest BCUT2D eigenvalue weighted by Gasteiger charge is -2.07. The summed E-state index contributed by atoms with van der Waals surface area (Å²) >= 11 is 7.45. The number of thioether (sulfide) groups is 1. The molecule has 0 bridgehead atoms. The Morgan fingerprint density at radius 2 is 2.19 bits per heavy atom. The fourth-order valence-corrected chi connectivity index (χ4v) is 2.38. The minimum atomic E-state index is 0.0424. The van der Waals surface area contributed by atoms with Crippen molar-refractivity contribution in [1.29, 1.82) is 0 Å². The Morgan fingerprint density at radius 1 is 1.50 bits per heavy atom. The van der Waals surface area contributed by atoms with Gasteiger partial charge in [0.15, 0.2) is 5.78 Å². The fourth-order valence-electron chi connectivity index (χ4n) is 1.17. The average Bonchev–Trinajstić information content (AvgIpc) is 2.29. The van der Waals surface area contributed by atoms with Gasteiger partial charge in [0.2, 0.25) is 0 Å². The Labute approximate surface area is 105 Å². The number of ketones is 1. The van der Waals surface area contributed by atoms with Gasteiger partial charge in [-0.25, -0.2) is 0 Å². The van der Waals surface area contributed by atoms with Crippen molar-refractivity contribution in [3.8, 4) is 0 Å². The van der Waals surface area contributed by atoms with Crippen molar-refractivity contribution < 1.29 is 9.90 Å². The lowest BCUT2D eigenvalue weighted by molar-refractivity contribution is 0.102. The quantitative estimate of drug-likeness (QED) is 0.798. The van der Waals surface area contributed by atoms with E-state index >= 15 is 0 Å². The van der Waals surface area contributed by atoms with Gasteiger partial charge < -0.3 is 5.11 Å². The summed E-state index contributed by atoms with van der Waals surface area (Å²) in [5.41, 5.74) is 0.577. The van der Waals surface area contributed by atoms with Crippen LogP contribution >= 0.6 is 23.4 Å². The second-order valence-electron chi connectivity index (χ2n) is 3.71. The molecule has 16 heavy (non-hydrogen) atoms. The lowest BCUT2D eigenvalue weighted by atomic mass is 10.1. The van der Waals surface area contributed by atoms with E-state index in [9.17, 15) is 4.79 Å². The third-order valence-corrected chi connectivity index (χ3v) is 3.72. The van der Waals surface area contributed by atoms with Crippen molar-refractivity contribution in [3.05, 3.63) is 34.9 Å². The number of benzene rings is 1. The number of hydrogen-bond donors (Lipinski definition) is 1. The number of hydrogen-bond acceptors (Lipinski definition) is 3. The number of carbonyl (C=O) groups is 1. The Kier molecular flexibility index (Phi) is 5.88. The highest BCUT2D eigenvalue weighted by molar-refractivity contribution is 7.99. The summed E-state index contributed by atoms with van der Waals surface area (Å²) in [6.45, 7) is 2.11. The van der Waals surface area contributed by atoms with Crippen LogP contribution in [0, 0.1) is 5.92 Å². The zero-order valence-corrected chi connectivity index (χ0v) is 10.7. The van der Waals surface area contributed by atoms with Crippen molar-refractivity contribution in [2.75, 3.05) is 18.1 Å². The van der Waals surface area contributed by atoms with E-state index in [1.165, 1.54) is 11.8 Å². The number of Topliss-reactive ketones (excluding diaryl/α,β-unsaturated/α-hetero) is 1. The van der Waals surface area contributed by atoms with Crippen molar-refractivity contribution in [3.63, 3.8) is 0 Å². The van der Waals surface area contributed by atoms with Gasteiger partial charge in [0, 0.05) is 12.2 Å². The van der Waals surface area contributed by atoms with Crippen molar-refractivity contribution >= 4 is 29.1 Å². The van der Waals surface area contributed by atoms with E-state index in [1.807, 2.05) is 6.92 Å². The van der Waals surface area contributed by atoms with Gasteiger partial charge >= 0.3 is 0 Å². The predicted molar refractivity (Wildman–Crippen MR) is 69.4 cm³/mol. The zero-order valence-electron chi connectivity index (χ0n) is 9.15. The first-order valence-corrected chi connectivity index (χ1v) is 6.64. The standard InChI is InChI=1S/C12H15ClO2S/c1-9(6-14)7-16-8-12(15)10-4-2-3-5-11(10)13/h2-5,9,14H,6-8H2,1H3. The van der Waals surface area contributed by atoms with Crippen LogP contribution in [0.2, 0.25) is 5.02 Å². The molecule has 0 heterocycles. The van der Waals surface area contributed by atoms with Gasteiger partial charge in [-0.2, -0.15) is 11.8 Å². The first-order valence-electron chi connectivity index (χ1n) is 5.11. The van der Waals surface area contributed by atoms with E-state index in [0.717, 1.165) is 5.75 Å². The molecule has 0 aliphatic carbocycles. The Bertz CT molecular complexity index is 355. The second kappa shape index (κ2) is 6.94. The summed E-state index contributed by atoms with van der Waals surface area (Å²) in [6, 6.07) is 7.07. The summed E-state index contributed by atoms with van der Waals surface area (Å²) in [5.74, 6) is 1.46. The normalized spacial score (nSPS) is 12.4. The van der Waals surface area contributed by atoms with E-state index in [0.29, 0.717) is 16.3 Å². The largest absolute Gasteiger partial charge is 0.396 e. The molecule has 1 rings (SSSR count). The van der Waals surface area contributed by atoms with Crippen LogP contribution in [-0.2, 0) is 0 Å². The molecule has 0 aliphatic heterocycles. The zero-order chi connectivity index (χ0) is 12.0. The molecule has 0 radical (unpaired) electrons. The van der Waals surface area contributed by atoms with Crippen LogP contribution in [0.25, 0.3) is 0 Å². The number of aliphatic hydroxyl groups is 1. The molecule has 0 saturated carbocycles. The summed E-state index contributed by atoms with van der Waals surface area (Å²) in [5, 5.41) is 9.34. The SMILES string of the molecule is CC(CO)CSCC(=O)c1ccccc1Cl. The maximum atomic E-state index is 11.8. The Hall–Kier alpha value is -0.510. The molecule has 0 fully saturated rings. The highest BCUT2D eigenvalue weighted by Gasteiger charge is 2.10. The highest BCUT2D eigenvalue weighted by atomic mass is 35.5. The molecule has 1 aromatic rings. The molecule has 1 unspecified atom stereocenters. The maximum absolute atomic E-state index is 11.8. The molecule has 88 valence electrons. The van der Waals surface area contributed by atoms with E-state index in [-0.39, 0.29) is 18.3 Å². The van der Waals surface area contributed by atoms with Gasteiger partial charge in [-0.1, -0.05) is 30.7 Å². The van der Waals surface area contributed by atoms with Crippen LogP contribution in [-0.4, -0.2) is 29.0 Å². The third kappa shape index (κ3) is 4.16. The summed E-state index contributed by atoms with van der Waals surface area (Å²) < 4.78 is 0. The van der Waals surface area contributed by atoms with E-state index in [4.69, 9.17) is 16.7 Å². The number of carbonyl (C=O) groups excluding carboxylic acids is 1. The molecule has 0 spiro atoms. The second-order valence-corrected chi connectivity index (χ2v) is 5.14. The minimum absolute atomic E-state index is 0.0424. The molecule has 0 saturated heterocycles. The van der Waals surface area contributed by atoms with Gasteiger partial charge in [-0.15, -0.1) is 0 Å². The molecule has 1 aromatic carbocycles. The topological polar surface area (TPSA) is 37.3 Å². The number of halogens is 1. The lowest BCUT2D eigenvalue weighted by Crippen LogP contribution is -2.08. The van der Waals surface area contributed by atoms with Crippen LogP contribution in [0.1, 0.15) is 17.3 Å². The molecular weight excluding hydrogens is 244 g/mol. The van der Waals surface area contributed by atoms with Crippen LogP contribution in [0.4, 0.5) is 0 Å². The smallest absolute Gasteiger partial charge is 0.174 e. The molecule has 0 amide bonds. The maximum Gasteiger partial charge on any atom is 0.174 e. The summed E-state index contributed by atoms with van der Waals surface area (Å²) in [4.78, 5) is 11.8. The Morgan fingerprint density at radius 3 is 2.81 bits per heavy atom. The summed E-state index contributed by atoms with van der Waals surface area (Å²) in [6.07, 6.45) is 0. The van der Waals surface area contributed by atoms with Crippen LogP contribution < -0.4 is 0 Å². The monoisotopic (exact) mass is 258 g/mol. The molecule has 1 atom stereocenters. The van der Waals surface area contributed by atoms with E-state index in [2.05, 4.69) is 0 Å². The molecule has 1 N–H and O–H groups in total. The molecule has 0 aromatic heterocycles.